The lowest BCUT2D eigenvalue weighted by Gasteiger charge is -2.05. The molecule has 18 heavy (non-hydrogen) atoms. The van der Waals surface area contributed by atoms with Gasteiger partial charge in [-0.15, -0.1) is 0 Å². The minimum absolute atomic E-state index is 0.170. The van der Waals surface area contributed by atoms with Gasteiger partial charge in [0.25, 0.3) is 0 Å². The molecule has 3 heteroatoms. The summed E-state index contributed by atoms with van der Waals surface area (Å²) in [7, 11) is 0. The molecule has 1 heterocycles. The van der Waals surface area contributed by atoms with E-state index in [4.69, 9.17) is 4.42 Å². The van der Waals surface area contributed by atoms with Crippen LogP contribution in [0.3, 0.4) is 0 Å². The summed E-state index contributed by atoms with van der Waals surface area (Å²) in [5.41, 5.74) is 3.06. The Labute approximate surface area is 106 Å². The third-order valence-electron chi connectivity index (χ3n) is 2.43. The number of rotatable bonds is 3. The molecule has 2 rings (SSSR count). The molecule has 0 fully saturated rings. The summed E-state index contributed by atoms with van der Waals surface area (Å²) in [5.74, 6) is 0.488. The third-order valence-corrected chi connectivity index (χ3v) is 2.43. The fourth-order valence-electron chi connectivity index (χ4n) is 1.77. The maximum absolute atomic E-state index is 11.7. The van der Waals surface area contributed by atoms with Gasteiger partial charge < -0.3 is 9.73 Å². The van der Waals surface area contributed by atoms with E-state index in [1.807, 2.05) is 26.0 Å². The number of hydrogen-bond acceptors (Lipinski definition) is 2. The van der Waals surface area contributed by atoms with Crippen molar-refractivity contribution in [1.82, 2.24) is 0 Å². The van der Waals surface area contributed by atoms with Gasteiger partial charge in [-0.2, -0.15) is 0 Å². The first-order valence-electron chi connectivity index (χ1n) is 5.74. The van der Waals surface area contributed by atoms with Crippen molar-refractivity contribution in [2.45, 2.75) is 13.8 Å². The Morgan fingerprint density at radius 2 is 1.94 bits per heavy atom. The number of nitrogens with one attached hydrogen (secondary N) is 1. The van der Waals surface area contributed by atoms with E-state index in [0.717, 1.165) is 16.8 Å². The lowest BCUT2D eigenvalue weighted by atomic mass is 10.1. The molecule has 0 aliphatic rings. The van der Waals surface area contributed by atoms with Crippen LogP contribution in [0.1, 0.15) is 16.9 Å². The van der Waals surface area contributed by atoms with E-state index in [1.165, 1.54) is 6.08 Å². The van der Waals surface area contributed by atoms with E-state index < -0.39 is 0 Å². The highest BCUT2D eigenvalue weighted by Crippen LogP contribution is 2.13. The van der Waals surface area contributed by atoms with Crippen molar-refractivity contribution in [3.63, 3.8) is 0 Å². The van der Waals surface area contributed by atoms with Crippen LogP contribution in [0.2, 0.25) is 0 Å². The molecule has 0 radical (unpaired) electrons. The number of benzene rings is 1. The summed E-state index contributed by atoms with van der Waals surface area (Å²) < 4.78 is 5.11. The minimum Gasteiger partial charge on any atom is -0.465 e. The van der Waals surface area contributed by atoms with E-state index in [9.17, 15) is 4.79 Å². The zero-order chi connectivity index (χ0) is 13.0. The van der Waals surface area contributed by atoms with Gasteiger partial charge in [0.15, 0.2) is 0 Å². The average molecular weight is 241 g/mol. The first-order chi connectivity index (χ1) is 8.63. The average Bonchev–Trinajstić information content (AvgIpc) is 2.77. The zero-order valence-electron chi connectivity index (χ0n) is 10.4. The van der Waals surface area contributed by atoms with E-state index in [-0.39, 0.29) is 5.91 Å². The summed E-state index contributed by atoms with van der Waals surface area (Å²) in [5, 5.41) is 2.82. The van der Waals surface area contributed by atoms with Gasteiger partial charge >= 0.3 is 0 Å². The lowest BCUT2D eigenvalue weighted by Crippen LogP contribution is -2.07. The summed E-state index contributed by atoms with van der Waals surface area (Å²) in [6, 6.07) is 9.51. The monoisotopic (exact) mass is 241 g/mol. The first kappa shape index (κ1) is 12.2. The molecule has 0 aliphatic carbocycles. The van der Waals surface area contributed by atoms with Gasteiger partial charge in [0.1, 0.15) is 5.76 Å². The first-order valence-corrected chi connectivity index (χ1v) is 5.74. The van der Waals surface area contributed by atoms with Crippen LogP contribution in [0.25, 0.3) is 6.08 Å². The molecule has 0 bridgehead atoms. The predicted molar refractivity (Wildman–Crippen MR) is 72.3 cm³/mol. The van der Waals surface area contributed by atoms with Crippen molar-refractivity contribution in [3.05, 3.63) is 59.6 Å². The van der Waals surface area contributed by atoms with Gasteiger partial charge in [-0.05, 0) is 55.3 Å². The van der Waals surface area contributed by atoms with Crippen molar-refractivity contribution in [1.29, 1.82) is 0 Å². The molecule has 0 saturated heterocycles. The van der Waals surface area contributed by atoms with Gasteiger partial charge in [0.2, 0.25) is 5.91 Å². The maximum Gasteiger partial charge on any atom is 0.248 e. The Balaban J connectivity index is 2.03. The molecule has 1 N–H and O–H groups in total. The highest BCUT2D eigenvalue weighted by molar-refractivity contribution is 6.01. The number of carbonyl (C=O) groups is 1. The smallest absolute Gasteiger partial charge is 0.248 e. The molecule has 92 valence electrons. The van der Waals surface area contributed by atoms with E-state index in [2.05, 4.69) is 11.4 Å². The van der Waals surface area contributed by atoms with E-state index in [1.54, 1.807) is 24.5 Å². The number of hydrogen-bond donors (Lipinski definition) is 1. The standard InChI is InChI=1S/C15H15NO2/c1-11-8-12(2)10-13(9-11)16-15(17)6-5-14-4-3-7-18-14/h3-10H,1-2H3,(H,16,17). The van der Waals surface area contributed by atoms with Gasteiger partial charge in [0.05, 0.1) is 6.26 Å². The molecule has 3 nitrogen and oxygen atoms in total. The molecule has 1 aromatic heterocycles. The number of carbonyl (C=O) groups excluding carboxylic acids is 1. The fourth-order valence-corrected chi connectivity index (χ4v) is 1.77. The molecule has 0 atom stereocenters. The third kappa shape index (κ3) is 3.35. The van der Waals surface area contributed by atoms with Crippen molar-refractivity contribution in [2.75, 3.05) is 5.32 Å². The quantitative estimate of drug-likeness (QED) is 0.835. The Morgan fingerprint density at radius 1 is 1.22 bits per heavy atom. The number of anilines is 1. The van der Waals surface area contributed by atoms with Crippen LogP contribution in [0.5, 0.6) is 0 Å². The highest BCUT2D eigenvalue weighted by atomic mass is 16.3. The zero-order valence-corrected chi connectivity index (χ0v) is 10.4. The van der Waals surface area contributed by atoms with Crippen LogP contribution in [0, 0.1) is 13.8 Å². The number of furan rings is 1. The van der Waals surface area contributed by atoms with Crippen LogP contribution in [0.15, 0.2) is 47.1 Å². The Hall–Kier alpha value is -2.29. The van der Waals surface area contributed by atoms with Crippen LogP contribution < -0.4 is 5.32 Å². The molecule has 1 amide bonds. The second-order valence-electron chi connectivity index (χ2n) is 4.21. The molecule has 1 aromatic carbocycles. The van der Waals surface area contributed by atoms with Crippen LogP contribution in [0.4, 0.5) is 5.69 Å². The van der Waals surface area contributed by atoms with Crippen molar-refractivity contribution >= 4 is 17.7 Å². The summed E-state index contributed by atoms with van der Waals surface area (Å²) in [6.45, 7) is 4.00. The van der Waals surface area contributed by atoms with Crippen molar-refractivity contribution in [2.24, 2.45) is 0 Å². The van der Waals surface area contributed by atoms with E-state index in [0.29, 0.717) is 5.76 Å². The molecule has 0 unspecified atom stereocenters. The van der Waals surface area contributed by atoms with Gasteiger partial charge in [-0.3, -0.25) is 4.79 Å². The Morgan fingerprint density at radius 3 is 2.56 bits per heavy atom. The molecule has 0 spiro atoms. The maximum atomic E-state index is 11.7. The molecular formula is C15H15NO2. The molecule has 0 aliphatic heterocycles. The Bertz CT molecular complexity index is 548. The van der Waals surface area contributed by atoms with Crippen molar-refractivity contribution in [3.8, 4) is 0 Å². The number of amides is 1. The summed E-state index contributed by atoms with van der Waals surface area (Å²) >= 11 is 0. The van der Waals surface area contributed by atoms with Gasteiger partial charge in [-0.25, -0.2) is 0 Å². The molecule has 2 aromatic rings. The summed E-state index contributed by atoms with van der Waals surface area (Å²) in [4.78, 5) is 11.7. The molecular weight excluding hydrogens is 226 g/mol. The SMILES string of the molecule is Cc1cc(C)cc(NC(=O)C=Cc2ccco2)c1. The normalized spacial score (nSPS) is 10.8. The molecule has 0 saturated carbocycles. The fraction of sp³-hybridized carbons (Fsp3) is 0.133. The largest absolute Gasteiger partial charge is 0.465 e. The minimum atomic E-state index is -0.170. The van der Waals surface area contributed by atoms with Crippen LogP contribution in [-0.4, -0.2) is 5.91 Å². The summed E-state index contributed by atoms with van der Waals surface area (Å²) in [6.07, 6.45) is 4.66. The second kappa shape index (κ2) is 5.36. The lowest BCUT2D eigenvalue weighted by molar-refractivity contribution is -0.111. The second-order valence-corrected chi connectivity index (χ2v) is 4.21. The van der Waals surface area contributed by atoms with Crippen molar-refractivity contribution < 1.29 is 9.21 Å². The van der Waals surface area contributed by atoms with Gasteiger partial charge in [0, 0.05) is 11.8 Å². The van der Waals surface area contributed by atoms with E-state index >= 15 is 0 Å². The number of aryl methyl sites for hydroxylation is 2. The van der Waals surface area contributed by atoms with Crippen LogP contribution >= 0.6 is 0 Å². The van der Waals surface area contributed by atoms with Crippen LogP contribution in [-0.2, 0) is 4.79 Å². The highest BCUT2D eigenvalue weighted by Gasteiger charge is 2.00. The predicted octanol–water partition coefficient (Wildman–Crippen LogP) is 3.55. The topological polar surface area (TPSA) is 42.2 Å². The Kier molecular flexibility index (Phi) is 3.63. The van der Waals surface area contributed by atoms with Gasteiger partial charge in [-0.1, -0.05) is 6.07 Å².